The van der Waals surface area contributed by atoms with E-state index in [9.17, 15) is 10.5 Å². The van der Waals surface area contributed by atoms with Gasteiger partial charge in [0.1, 0.15) is 11.9 Å². The maximum absolute atomic E-state index is 10.9. The molecule has 10 rings (SSSR count). The molecular weight excluding hydrogens is 625 g/mol. The highest BCUT2D eigenvalue weighted by Crippen LogP contribution is 2.60. The zero-order valence-corrected chi connectivity index (χ0v) is 28.6. The molecule has 51 heavy (non-hydrogen) atoms. The zero-order chi connectivity index (χ0) is 34.5. The second kappa shape index (κ2) is 10.7. The first-order valence-electron chi connectivity index (χ1n) is 17.9. The van der Waals surface area contributed by atoms with Crippen molar-refractivity contribution in [2.45, 2.75) is 50.7 Å². The van der Waals surface area contributed by atoms with Crippen molar-refractivity contribution in [3.8, 4) is 12.1 Å². The van der Waals surface area contributed by atoms with Gasteiger partial charge < -0.3 is 14.2 Å². The van der Waals surface area contributed by atoms with Gasteiger partial charge in [0.2, 0.25) is 0 Å². The second-order valence-electron chi connectivity index (χ2n) is 15.0. The Labute approximate surface area is 298 Å². The average molecular weight is 661 g/mol. The van der Waals surface area contributed by atoms with Gasteiger partial charge in [0, 0.05) is 45.1 Å². The number of rotatable bonds is 3. The molecule has 1 aromatic heterocycles. The largest absolute Gasteiger partial charge is 0.487 e. The van der Waals surface area contributed by atoms with E-state index in [2.05, 4.69) is 139 Å². The number of fused-ring (bicyclic) bond motifs is 9. The summed E-state index contributed by atoms with van der Waals surface area (Å²) in [6.45, 7) is 4.41. The standard InChI is InChI=1S/C46H36N4O/c1-45(28-48)23-10-16-40(50-37-15-8-6-13-32(37)34-25-29(27-47)18-20-39(34)50)42(45)30-19-21-38-35(26-30)33-22-24-46(2)36-14-7-9-17-41(36)51-44(46)43(33)49(38)31-11-4-3-5-12-31/h3-6,8-13,15-26,33,42-44H,7,14H2,1-2H3. The minimum Gasteiger partial charge on any atom is -0.487 e. The van der Waals surface area contributed by atoms with Gasteiger partial charge in [-0.3, -0.25) is 0 Å². The first kappa shape index (κ1) is 29.8. The van der Waals surface area contributed by atoms with Gasteiger partial charge in [-0.1, -0.05) is 78.9 Å². The Morgan fingerprint density at radius 3 is 2.53 bits per heavy atom. The van der Waals surface area contributed by atoms with Crippen LogP contribution in [0.3, 0.4) is 0 Å². The number of para-hydroxylation sites is 2. The van der Waals surface area contributed by atoms with E-state index in [4.69, 9.17) is 4.74 Å². The summed E-state index contributed by atoms with van der Waals surface area (Å²) in [6.07, 6.45) is 17.6. The smallest absolute Gasteiger partial charge is 0.133 e. The number of allylic oxidation sites excluding steroid dienone is 6. The molecule has 246 valence electrons. The van der Waals surface area contributed by atoms with Crippen LogP contribution in [-0.2, 0) is 4.74 Å². The summed E-state index contributed by atoms with van der Waals surface area (Å²) in [5.74, 6) is 0.905. The van der Waals surface area contributed by atoms with Gasteiger partial charge in [-0.25, -0.2) is 0 Å². The Balaban J connectivity index is 1.16. The average Bonchev–Trinajstić information content (AvgIpc) is 3.79. The van der Waals surface area contributed by atoms with Crippen LogP contribution in [0.5, 0.6) is 0 Å². The van der Waals surface area contributed by atoms with Crippen molar-refractivity contribution in [1.82, 2.24) is 4.57 Å². The molecular formula is C46H36N4O. The molecule has 3 aliphatic carbocycles. The number of hydrogen-bond donors (Lipinski definition) is 0. The van der Waals surface area contributed by atoms with Crippen molar-refractivity contribution in [2.75, 3.05) is 4.90 Å². The molecule has 3 heterocycles. The SMILES string of the molecule is CC1(C#N)C=CC=C(n2c3ccccc3c3cc(C#N)ccc32)C1c1ccc2c(c1)C1C=CC3(C)C4=C(C=CCC4)OC3C1N2c1ccccc1. The van der Waals surface area contributed by atoms with Gasteiger partial charge >= 0.3 is 0 Å². The molecule has 5 heteroatoms. The van der Waals surface area contributed by atoms with Gasteiger partial charge in [0.05, 0.1) is 40.2 Å². The van der Waals surface area contributed by atoms with Gasteiger partial charge in [-0.15, -0.1) is 0 Å². The molecule has 0 fully saturated rings. The molecule has 0 bridgehead atoms. The monoisotopic (exact) mass is 660 g/mol. The molecule has 2 aliphatic heterocycles. The van der Waals surface area contributed by atoms with Crippen LogP contribution in [0, 0.1) is 33.5 Å². The highest BCUT2D eigenvalue weighted by atomic mass is 16.5. The number of anilines is 2. The second-order valence-corrected chi connectivity index (χ2v) is 15.0. The molecule has 5 aliphatic rings. The summed E-state index contributed by atoms with van der Waals surface area (Å²) in [4.78, 5) is 2.51. The third kappa shape index (κ3) is 4.07. The Bertz CT molecular complexity index is 2550. The van der Waals surface area contributed by atoms with E-state index in [1.807, 2.05) is 30.3 Å². The minimum atomic E-state index is -0.801. The summed E-state index contributed by atoms with van der Waals surface area (Å²) in [6, 6.07) is 37.0. The Morgan fingerprint density at radius 2 is 1.69 bits per heavy atom. The molecule has 5 aromatic rings. The normalized spacial score (nSPS) is 28.5. The topological polar surface area (TPSA) is 65.0 Å². The van der Waals surface area contributed by atoms with E-state index in [1.165, 1.54) is 16.8 Å². The summed E-state index contributed by atoms with van der Waals surface area (Å²) in [5, 5.41) is 22.7. The van der Waals surface area contributed by atoms with Crippen LogP contribution < -0.4 is 4.90 Å². The number of aromatic nitrogens is 1. The van der Waals surface area contributed by atoms with Crippen LogP contribution in [0.2, 0.25) is 0 Å². The highest BCUT2D eigenvalue weighted by molar-refractivity contribution is 6.10. The van der Waals surface area contributed by atoms with Crippen LogP contribution in [0.15, 0.2) is 145 Å². The van der Waals surface area contributed by atoms with Crippen molar-refractivity contribution >= 4 is 38.9 Å². The molecule has 6 atom stereocenters. The summed E-state index contributed by atoms with van der Waals surface area (Å²) >= 11 is 0. The Hall–Kier alpha value is -6.04. The zero-order valence-electron chi connectivity index (χ0n) is 28.6. The molecule has 0 saturated carbocycles. The number of nitrogens with zero attached hydrogens (tertiary/aromatic N) is 4. The number of hydrogen-bond acceptors (Lipinski definition) is 4. The molecule has 5 nitrogen and oxygen atoms in total. The van der Waals surface area contributed by atoms with Crippen molar-refractivity contribution in [3.05, 3.63) is 162 Å². The maximum atomic E-state index is 10.9. The van der Waals surface area contributed by atoms with E-state index in [-0.39, 0.29) is 29.4 Å². The fourth-order valence-electron chi connectivity index (χ4n) is 9.82. The van der Waals surface area contributed by atoms with Gasteiger partial charge in [-0.05, 0) is 98.0 Å². The van der Waals surface area contributed by atoms with Crippen LogP contribution in [0.4, 0.5) is 11.4 Å². The van der Waals surface area contributed by atoms with E-state index < -0.39 is 5.41 Å². The van der Waals surface area contributed by atoms with Gasteiger partial charge in [0.15, 0.2) is 0 Å². The molecule has 0 amide bonds. The summed E-state index contributed by atoms with van der Waals surface area (Å²) in [7, 11) is 0. The van der Waals surface area contributed by atoms with E-state index in [1.54, 1.807) is 0 Å². The molecule has 4 aromatic carbocycles. The lowest BCUT2D eigenvalue weighted by atomic mass is 9.66. The molecule has 0 N–H and O–H groups in total. The summed E-state index contributed by atoms with van der Waals surface area (Å²) < 4.78 is 9.26. The van der Waals surface area contributed by atoms with Crippen molar-refractivity contribution in [2.24, 2.45) is 10.8 Å². The lowest BCUT2D eigenvalue weighted by Gasteiger charge is -2.43. The quantitative estimate of drug-likeness (QED) is 0.181. The third-order valence-electron chi connectivity index (χ3n) is 12.2. The van der Waals surface area contributed by atoms with Crippen molar-refractivity contribution in [1.29, 1.82) is 10.5 Å². The number of nitriles is 2. The van der Waals surface area contributed by atoms with Gasteiger partial charge in [0.25, 0.3) is 0 Å². The van der Waals surface area contributed by atoms with Crippen LogP contribution in [-0.4, -0.2) is 16.7 Å². The van der Waals surface area contributed by atoms with Crippen LogP contribution >= 0.6 is 0 Å². The lowest BCUT2D eigenvalue weighted by Crippen LogP contribution is -2.50. The Kier molecular flexibility index (Phi) is 6.28. The fraction of sp³-hybridized carbons (Fsp3) is 0.217. The fourth-order valence-corrected chi connectivity index (χ4v) is 9.82. The first-order chi connectivity index (χ1) is 24.9. The minimum absolute atomic E-state index is 0.0374. The molecule has 0 spiro atoms. The summed E-state index contributed by atoms with van der Waals surface area (Å²) in [5.41, 5.74) is 8.91. The first-order valence-corrected chi connectivity index (χ1v) is 17.9. The van der Waals surface area contributed by atoms with E-state index in [0.29, 0.717) is 5.56 Å². The molecule has 0 saturated heterocycles. The molecule has 0 radical (unpaired) electrons. The van der Waals surface area contributed by atoms with Crippen LogP contribution in [0.25, 0.3) is 27.5 Å². The number of ether oxygens (including phenoxy) is 1. The Morgan fingerprint density at radius 1 is 0.863 bits per heavy atom. The van der Waals surface area contributed by atoms with Crippen molar-refractivity contribution in [3.63, 3.8) is 0 Å². The molecule has 6 unspecified atom stereocenters. The van der Waals surface area contributed by atoms with Crippen molar-refractivity contribution < 1.29 is 4.74 Å². The number of benzene rings is 4. The maximum Gasteiger partial charge on any atom is 0.133 e. The van der Waals surface area contributed by atoms with Gasteiger partial charge in [-0.2, -0.15) is 10.5 Å². The predicted molar refractivity (Wildman–Crippen MR) is 203 cm³/mol. The van der Waals surface area contributed by atoms with Crippen LogP contribution in [0.1, 0.15) is 55.2 Å². The van der Waals surface area contributed by atoms with E-state index in [0.717, 1.165) is 57.4 Å². The lowest BCUT2D eigenvalue weighted by molar-refractivity contribution is 0.0636. The third-order valence-corrected chi connectivity index (χ3v) is 12.2. The van der Waals surface area contributed by atoms with E-state index >= 15 is 0 Å². The highest BCUT2D eigenvalue weighted by Gasteiger charge is 2.57. The predicted octanol–water partition coefficient (Wildman–Crippen LogP) is 10.6.